The second-order valence-electron chi connectivity index (χ2n) is 12.4. The molecule has 38 heteroatoms. The topological polar surface area (TPSA) is 506 Å². The van der Waals surface area contributed by atoms with Crippen LogP contribution in [0.15, 0.2) is 80.2 Å². The van der Waals surface area contributed by atoms with Crippen LogP contribution < -0.4 is 22.1 Å². The van der Waals surface area contributed by atoms with Crippen molar-refractivity contribution >= 4 is 128 Å². The van der Waals surface area contributed by atoms with Gasteiger partial charge in [-0.05, 0) is 24.3 Å². The van der Waals surface area contributed by atoms with Crippen molar-refractivity contribution in [3.05, 3.63) is 121 Å². The fraction of sp³-hybridized carbons (Fsp3) is 0.133. The van der Waals surface area contributed by atoms with E-state index >= 15 is 0 Å². The van der Waals surface area contributed by atoms with Crippen LogP contribution >= 0.6 is 21.4 Å². The Balaban J connectivity index is 0.000000453. The van der Waals surface area contributed by atoms with Crippen LogP contribution in [0.3, 0.4) is 0 Å². The molecule has 0 radical (unpaired) electrons. The van der Waals surface area contributed by atoms with Crippen molar-refractivity contribution < 1.29 is 72.8 Å². The first-order valence-electron chi connectivity index (χ1n) is 16.6. The van der Waals surface area contributed by atoms with Crippen molar-refractivity contribution in [3.8, 4) is 0 Å². The van der Waals surface area contributed by atoms with Gasteiger partial charge in [0.25, 0.3) is 29.5 Å². The van der Waals surface area contributed by atoms with E-state index in [2.05, 4.69) is 10.6 Å². The molecule has 6 N–H and O–H groups in total. The molecule has 0 bridgehead atoms. The van der Waals surface area contributed by atoms with Crippen molar-refractivity contribution in [1.29, 1.82) is 0 Å². The van der Waals surface area contributed by atoms with Crippen LogP contribution in [-0.2, 0) is 47.4 Å². The van der Waals surface area contributed by atoms with Gasteiger partial charge in [-0.25, -0.2) is 33.7 Å². The summed E-state index contributed by atoms with van der Waals surface area (Å²) in [5, 5.41) is 68.2. The maximum Gasteiger partial charge on any atom is 0.300 e. The van der Waals surface area contributed by atoms with E-state index in [-0.39, 0.29) is 16.3 Å². The molecule has 0 aromatic heterocycles. The lowest BCUT2D eigenvalue weighted by Gasteiger charge is -2.05. The number of benzene rings is 4. The van der Waals surface area contributed by atoms with Crippen LogP contribution in [0.5, 0.6) is 0 Å². The number of rotatable bonds is 12. The van der Waals surface area contributed by atoms with Crippen LogP contribution in [0.1, 0.15) is 13.8 Å². The SMILES string of the molecule is CC(=O)Nc1ccc(S(=O)(=O)Cl)cc1[N+](=O)[O-].CC(=O)Nc1ccc(S(C)(=O)=O)cc1[N+](=O)[O-].CS(=O)(=O)c1cc([N+](=O)[O-])c(N)c([N+](=O)[O-])c1.Nc1c([N+](=O)[O-])cc(S(=O)(=O)Cl)cc1[N+](=O)[O-]. The molecule has 0 aliphatic heterocycles. The lowest BCUT2D eigenvalue weighted by Crippen LogP contribution is -2.09. The number of halogens is 2. The zero-order valence-electron chi connectivity index (χ0n) is 34.0. The minimum Gasteiger partial charge on any atom is -0.387 e. The largest absolute Gasteiger partial charge is 0.387 e. The standard InChI is InChI=1S/C9H10N2O5S.C8H7ClN2O5S.C7H7N3O6S.C6H4ClN3O6S/c1-6(12)10-8-4-3-7(17(2,15)16)5-9(8)11(13)14;1-5(12)10-7-3-2-6(17(9,15)16)4-8(7)11(13)14;1-17(15,16)4-2-5(9(11)12)7(8)6(3-4)10(13)14;7-17(15,16)3-1-4(9(11)12)6(8)5(2-3)10(13)14/h3-5H,1-2H3,(H,10,12);2-4H,1H3,(H,10,12);2-3H,8H2,1H3;1-2H,8H2. The second-order valence-corrected chi connectivity index (χ2v) is 21.6. The van der Waals surface area contributed by atoms with Gasteiger partial charge in [-0.15, -0.1) is 0 Å². The average molecular weight is 1080 g/mol. The molecule has 368 valence electrons. The first kappa shape index (κ1) is 58.2. The van der Waals surface area contributed by atoms with Gasteiger partial charge in [0, 0.05) is 84.1 Å². The summed E-state index contributed by atoms with van der Waals surface area (Å²) in [7, 11) is -5.68. The zero-order valence-corrected chi connectivity index (χ0v) is 38.8. The molecule has 0 fully saturated rings. The number of hydrogen-bond acceptors (Lipinski definition) is 24. The number of anilines is 4. The van der Waals surface area contributed by atoms with Gasteiger partial charge < -0.3 is 22.1 Å². The van der Waals surface area contributed by atoms with Crippen LogP contribution in [0, 0.1) is 60.7 Å². The Morgan fingerprint density at radius 3 is 0.912 bits per heavy atom. The number of nitrogens with two attached hydrogens (primary N) is 2. The summed E-state index contributed by atoms with van der Waals surface area (Å²) in [4.78, 5) is 77.9. The molecule has 0 aliphatic carbocycles. The lowest BCUT2D eigenvalue weighted by atomic mass is 10.2. The molecule has 4 aromatic rings. The third-order valence-electron chi connectivity index (χ3n) is 7.38. The summed E-state index contributed by atoms with van der Waals surface area (Å²) >= 11 is 0. The van der Waals surface area contributed by atoms with E-state index in [4.69, 9.17) is 32.8 Å². The molecule has 0 atom stereocenters. The molecular weight excluding hydrogens is 1050 g/mol. The number of nitro groups is 6. The Hall–Kier alpha value is -7.80. The molecule has 4 aromatic carbocycles. The lowest BCUT2D eigenvalue weighted by molar-refractivity contribution is -0.392. The summed E-state index contributed by atoms with van der Waals surface area (Å²) < 4.78 is 88.8. The predicted octanol–water partition coefficient (Wildman–Crippen LogP) is 3.94. The number of nitro benzene ring substituents is 6. The Bertz CT molecular complexity index is 2960. The van der Waals surface area contributed by atoms with Crippen LogP contribution in [-0.4, -0.2) is 87.5 Å². The van der Waals surface area contributed by atoms with Crippen molar-refractivity contribution in [2.45, 2.75) is 33.4 Å². The number of carbonyl (C=O) groups is 2. The zero-order chi connectivity index (χ0) is 53.2. The van der Waals surface area contributed by atoms with Gasteiger partial charge in [0.2, 0.25) is 11.8 Å². The maximum atomic E-state index is 11.2. The molecule has 0 heterocycles. The Morgan fingerprint density at radius 1 is 0.441 bits per heavy atom. The van der Waals surface area contributed by atoms with E-state index < -0.39 is 139 Å². The first-order valence-corrected chi connectivity index (χ1v) is 25.0. The smallest absolute Gasteiger partial charge is 0.300 e. The van der Waals surface area contributed by atoms with Gasteiger partial charge in [0.05, 0.1) is 49.1 Å². The van der Waals surface area contributed by atoms with Crippen molar-refractivity contribution in [1.82, 2.24) is 0 Å². The van der Waals surface area contributed by atoms with Gasteiger partial charge in [-0.1, -0.05) is 0 Å². The average Bonchev–Trinajstić information content (AvgIpc) is 3.16. The van der Waals surface area contributed by atoms with Crippen LogP contribution in [0.2, 0.25) is 0 Å². The highest BCUT2D eigenvalue weighted by atomic mass is 35.7. The molecule has 0 spiro atoms. The van der Waals surface area contributed by atoms with Crippen molar-refractivity contribution in [2.75, 3.05) is 34.6 Å². The monoisotopic (exact) mass is 1080 g/mol. The van der Waals surface area contributed by atoms with Crippen LogP contribution in [0.4, 0.5) is 56.9 Å². The summed E-state index contributed by atoms with van der Waals surface area (Å²) in [6, 6.07) is 8.78. The predicted molar refractivity (Wildman–Crippen MR) is 235 cm³/mol. The quantitative estimate of drug-likeness (QED) is 0.0675. The van der Waals surface area contributed by atoms with Crippen molar-refractivity contribution in [3.63, 3.8) is 0 Å². The molecule has 2 amide bonds. The van der Waals surface area contributed by atoms with Gasteiger partial charge in [0.15, 0.2) is 31.0 Å². The number of nitrogen functional groups attached to an aromatic ring is 2. The molecular formula is C30H28Cl2N10O22S4. The molecule has 0 aliphatic rings. The van der Waals surface area contributed by atoms with E-state index in [0.717, 1.165) is 36.8 Å². The third-order valence-corrected chi connectivity index (χ3v) is 12.3. The minimum absolute atomic E-state index is 0.0325. The fourth-order valence-electron chi connectivity index (χ4n) is 4.45. The Labute approximate surface area is 388 Å². The Morgan fingerprint density at radius 2 is 0.676 bits per heavy atom. The minimum atomic E-state index is -4.32. The second kappa shape index (κ2) is 22.6. The number of amides is 2. The van der Waals surface area contributed by atoms with Crippen LogP contribution in [0.25, 0.3) is 0 Å². The summed E-state index contributed by atoms with van der Waals surface area (Å²) in [5.74, 6) is -0.977. The third kappa shape index (κ3) is 16.9. The normalized spacial score (nSPS) is 11.0. The number of nitrogens with one attached hydrogen (secondary N) is 2. The maximum absolute atomic E-state index is 11.2. The van der Waals surface area contributed by atoms with E-state index in [0.29, 0.717) is 24.3 Å². The summed E-state index contributed by atoms with van der Waals surface area (Å²) in [6.45, 7) is 2.38. The first-order chi connectivity index (χ1) is 30.7. The van der Waals surface area contributed by atoms with E-state index in [1.807, 2.05) is 0 Å². The highest BCUT2D eigenvalue weighted by molar-refractivity contribution is 8.14. The fourth-order valence-corrected chi connectivity index (χ4v) is 7.29. The summed E-state index contributed by atoms with van der Waals surface area (Å²) in [6.07, 6.45) is 1.73. The molecule has 0 saturated carbocycles. The molecule has 0 saturated heterocycles. The Kier molecular flexibility index (Phi) is 19.3. The highest BCUT2D eigenvalue weighted by Crippen LogP contribution is 2.36. The number of carbonyl (C=O) groups excluding carboxylic acids is 2. The number of sulfone groups is 2. The van der Waals surface area contributed by atoms with Gasteiger partial charge in [0.1, 0.15) is 11.4 Å². The number of hydrogen-bond donors (Lipinski definition) is 4. The van der Waals surface area contributed by atoms with E-state index in [9.17, 15) is 104 Å². The molecule has 0 unspecified atom stereocenters. The van der Waals surface area contributed by atoms with Gasteiger partial charge in [-0.3, -0.25) is 70.3 Å². The number of nitrogens with zero attached hydrogens (tertiary/aromatic N) is 6. The van der Waals surface area contributed by atoms with E-state index in [1.165, 1.54) is 26.0 Å². The molecule has 4 rings (SSSR count). The molecule has 68 heavy (non-hydrogen) atoms. The highest BCUT2D eigenvalue weighted by Gasteiger charge is 2.29. The van der Waals surface area contributed by atoms with Crippen molar-refractivity contribution in [2.24, 2.45) is 0 Å². The summed E-state index contributed by atoms with van der Waals surface area (Å²) in [5.41, 5.74) is 4.48. The van der Waals surface area contributed by atoms with E-state index in [1.54, 1.807) is 0 Å². The van der Waals surface area contributed by atoms with Gasteiger partial charge in [-0.2, -0.15) is 0 Å². The molecule has 32 nitrogen and oxygen atoms in total. The van der Waals surface area contributed by atoms with Gasteiger partial charge >= 0.3 is 22.7 Å².